The molecule has 0 fully saturated rings. The molecule has 6 nitrogen and oxygen atoms in total. The van der Waals surface area contributed by atoms with Gasteiger partial charge in [0, 0.05) is 6.54 Å². The number of aromatic nitrogens is 2. The number of aryl methyl sites for hydroxylation is 2. The molecule has 21 heavy (non-hydrogen) atoms. The zero-order valence-corrected chi connectivity index (χ0v) is 13.7. The van der Waals surface area contributed by atoms with Gasteiger partial charge in [-0.1, -0.05) is 6.92 Å². The summed E-state index contributed by atoms with van der Waals surface area (Å²) in [6, 6.07) is 1.04. The van der Waals surface area contributed by atoms with Gasteiger partial charge in [0.1, 0.15) is 17.3 Å². The number of rotatable bonds is 5. The van der Waals surface area contributed by atoms with Crippen LogP contribution in [0, 0.1) is 0 Å². The van der Waals surface area contributed by atoms with Gasteiger partial charge in [0.25, 0.3) is 5.91 Å². The molecule has 118 valence electrons. The molecular weight excluding hydrogens is 270 g/mol. The highest BCUT2D eigenvalue weighted by atomic mass is 16.6. The molecule has 0 saturated heterocycles. The predicted molar refractivity (Wildman–Crippen MR) is 80.1 cm³/mol. The summed E-state index contributed by atoms with van der Waals surface area (Å²) in [4.78, 5) is 24.1. The Morgan fingerprint density at radius 3 is 2.48 bits per heavy atom. The fourth-order valence-corrected chi connectivity index (χ4v) is 1.79. The molecule has 0 aromatic carbocycles. The first kappa shape index (κ1) is 17.2. The zero-order chi connectivity index (χ0) is 16.2. The molecule has 1 rings (SSSR count). The maximum absolute atomic E-state index is 12.3. The minimum atomic E-state index is -0.706. The summed E-state index contributed by atoms with van der Waals surface area (Å²) >= 11 is 0. The molecule has 1 aromatic rings. The average Bonchev–Trinajstić information content (AvgIpc) is 2.79. The molecular formula is C15H25N3O3. The van der Waals surface area contributed by atoms with E-state index in [4.69, 9.17) is 4.74 Å². The van der Waals surface area contributed by atoms with Crippen LogP contribution in [0.3, 0.4) is 0 Å². The van der Waals surface area contributed by atoms with Crippen molar-refractivity contribution in [2.75, 3.05) is 0 Å². The molecule has 0 aliphatic carbocycles. The van der Waals surface area contributed by atoms with E-state index >= 15 is 0 Å². The molecule has 0 radical (unpaired) electrons. The molecule has 0 aliphatic heterocycles. The second-order valence-corrected chi connectivity index (χ2v) is 5.92. The van der Waals surface area contributed by atoms with Crippen molar-refractivity contribution in [2.45, 2.75) is 66.2 Å². The molecule has 6 heteroatoms. The van der Waals surface area contributed by atoms with Crippen LogP contribution in [-0.2, 0) is 22.5 Å². The van der Waals surface area contributed by atoms with E-state index in [9.17, 15) is 9.59 Å². The van der Waals surface area contributed by atoms with Gasteiger partial charge >= 0.3 is 5.97 Å². The van der Waals surface area contributed by atoms with Crippen molar-refractivity contribution in [3.05, 3.63) is 17.5 Å². The van der Waals surface area contributed by atoms with Crippen molar-refractivity contribution in [2.24, 2.45) is 0 Å². The number of hydrogen-bond donors (Lipinski definition) is 1. The molecule has 1 heterocycles. The van der Waals surface area contributed by atoms with Crippen LogP contribution in [0.25, 0.3) is 0 Å². The smallest absolute Gasteiger partial charge is 0.328 e. The fraction of sp³-hybridized carbons (Fsp3) is 0.667. The van der Waals surface area contributed by atoms with Gasteiger partial charge < -0.3 is 10.1 Å². The largest absolute Gasteiger partial charge is 0.458 e. The molecule has 1 N–H and O–H groups in total. The van der Waals surface area contributed by atoms with E-state index < -0.39 is 17.6 Å². The van der Waals surface area contributed by atoms with Crippen LogP contribution < -0.4 is 5.32 Å². The Hall–Kier alpha value is -1.85. The van der Waals surface area contributed by atoms with Gasteiger partial charge in [0.05, 0.1) is 5.69 Å². The SMILES string of the molecule is CCc1cc(C(=O)N[C@H](C)C(=O)OC(C)(C)C)n(CC)n1. The molecule has 1 aromatic heterocycles. The van der Waals surface area contributed by atoms with E-state index in [0.717, 1.165) is 12.1 Å². The van der Waals surface area contributed by atoms with E-state index in [-0.39, 0.29) is 5.91 Å². The monoisotopic (exact) mass is 295 g/mol. The third-order valence-electron chi connectivity index (χ3n) is 2.83. The summed E-state index contributed by atoms with van der Waals surface area (Å²) in [5, 5.41) is 6.98. The Kier molecular flexibility index (Phi) is 5.52. The molecule has 0 saturated carbocycles. The predicted octanol–water partition coefficient (Wildman–Crippen LogP) is 1.93. The normalized spacial score (nSPS) is 12.9. The third-order valence-corrected chi connectivity index (χ3v) is 2.83. The lowest BCUT2D eigenvalue weighted by atomic mass is 10.2. The van der Waals surface area contributed by atoms with Gasteiger partial charge in [-0.25, -0.2) is 4.79 Å². The van der Waals surface area contributed by atoms with Gasteiger partial charge in [-0.05, 0) is 47.1 Å². The summed E-state index contributed by atoms with van der Waals surface area (Å²) in [5.41, 5.74) is 0.744. The number of amides is 1. The molecule has 0 unspecified atom stereocenters. The number of esters is 1. The van der Waals surface area contributed by atoms with Crippen molar-refractivity contribution in [1.29, 1.82) is 0 Å². The van der Waals surface area contributed by atoms with Gasteiger partial charge in [-0.3, -0.25) is 9.48 Å². The summed E-state index contributed by atoms with van der Waals surface area (Å²) in [7, 11) is 0. The van der Waals surface area contributed by atoms with E-state index in [1.165, 1.54) is 0 Å². The van der Waals surface area contributed by atoms with Gasteiger partial charge in [0.15, 0.2) is 0 Å². The maximum atomic E-state index is 12.3. The summed E-state index contributed by atoms with van der Waals surface area (Å²) in [6.45, 7) is 11.5. The first-order valence-corrected chi connectivity index (χ1v) is 7.28. The van der Waals surface area contributed by atoms with Crippen LogP contribution in [-0.4, -0.2) is 33.3 Å². The fourth-order valence-electron chi connectivity index (χ4n) is 1.79. The van der Waals surface area contributed by atoms with Crippen molar-refractivity contribution >= 4 is 11.9 Å². The van der Waals surface area contributed by atoms with E-state index in [0.29, 0.717) is 12.2 Å². The molecule has 1 amide bonds. The lowest BCUT2D eigenvalue weighted by Gasteiger charge is -2.22. The summed E-state index contributed by atoms with van der Waals surface area (Å²) in [5.74, 6) is -0.767. The van der Waals surface area contributed by atoms with E-state index in [1.807, 2.05) is 13.8 Å². The number of carbonyl (C=O) groups excluding carboxylic acids is 2. The Morgan fingerprint density at radius 1 is 1.38 bits per heavy atom. The highest BCUT2D eigenvalue weighted by Crippen LogP contribution is 2.10. The van der Waals surface area contributed by atoms with Gasteiger partial charge in [0.2, 0.25) is 0 Å². The third kappa shape index (κ3) is 4.88. The Bertz CT molecular complexity index is 515. The van der Waals surface area contributed by atoms with Crippen LogP contribution in [0.5, 0.6) is 0 Å². The number of hydrogen-bond acceptors (Lipinski definition) is 4. The molecule has 1 atom stereocenters. The second kappa shape index (κ2) is 6.74. The highest BCUT2D eigenvalue weighted by Gasteiger charge is 2.24. The first-order chi connectivity index (χ1) is 9.67. The van der Waals surface area contributed by atoms with Crippen LogP contribution in [0.15, 0.2) is 6.07 Å². The van der Waals surface area contributed by atoms with Crippen molar-refractivity contribution in [3.8, 4) is 0 Å². The van der Waals surface area contributed by atoms with Crippen LogP contribution in [0.2, 0.25) is 0 Å². The van der Waals surface area contributed by atoms with Gasteiger partial charge in [-0.15, -0.1) is 0 Å². The van der Waals surface area contributed by atoms with Gasteiger partial charge in [-0.2, -0.15) is 5.10 Å². The van der Waals surface area contributed by atoms with Crippen LogP contribution in [0.1, 0.15) is 57.7 Å². The topological polar surface area (TPSA) is 73.2 Å². The Balaban J connectivity index is 2.76. The maximum Gasteiger partial charge on any atom is 0.328 e. The minimum Gasteiger partial charge on any atom is -0.458 e. The van der Waals surface area contributed by atoms with Crippen molar-refractivity contribution < 1.29 is 14.3 Å². The van der Waals surface area contributed by atoms with Crippen molar-refractivity contribution in [3.63, 3.8) is 0 Å². The molecule has 0 aliphatic rings. The second-order valence-electron chi connectivity index (χ2n) is 5.92. The summed E-state index contributed by atoms with van der Waals surface area (Å²) in [6.07, 6.45) is 0.759. The lowest BCUT2D eigenvalue weighted by Crippen LogP contribution is -2.42. The van der Waals surface area contributed by atoms with Crippen LogP contribution >= 0.6 is 0 Å². The number of nitrogens with zero attached hydrogens (tertiary/aromatic N) is 2. The van der Waals surface area contributed by atoms with Crippen LogP contribution in [0.4, 0.5) is 0 Å². The minimum absolute atomic E-state index is 0.317. The number of carbonyl (C=O) groups is 2. The summed E-state index contributed by atoms with van der Waals surface area (Å²) < 4.78 is 6.88. The quantitative estimate of drug-likeness (QED) is 0.842. The van der Waals surface area contributed by atoms with E-state index in [1.54, 1.807) is 38.4 Å². The first-order valence-electron chi connectivity index (χ1n) is 7.28. The highest BCUT2D eigenvalue weighted by molar-refractivity contribution is 5.95. The standard InChI is InChI=1S/C15H25N3O3/c1-7-11-9-12(18(8-2)17-11)13(19)16-10(3)14(20)21-15(4,5)6/h9-10H,7-8H2,1-6H3,(H,16,19)/t10-/m1/s1. The average molecular weight is 295 g/mol. The van der Waals surface area contributed by atoms with Crippen molar-refractivity contribution in [1.82, 2.24) is 15.1 Å². The number of nitrogens with one attached hydrogen (secondary N) is 1. The Labute approximate surface area is 125 Å². The molecule has 0 spiro atoms. The zero-order valence-electron chi connectivity index (χ0n) is 13.7. The lowest BCUT2D eigenvalue weighted by molar-refractivity contribution is -0.156. The van der Waals surface area contributed by atoms with E-state index in [2.05, 4.69) is 10.4 Å². The Morgan fingerprint density at radius 2 is 2.00 bits per heavy atom. The molecule has 0 bridgehead atoms. The number of ether oxygens (including phenoxy) is 1.